The highest BCUT2D eigenvalue weighted by molar-refractivity contribution is 5.71. The number of unbranched alkanes of at least 4 members (excludes halogenated alkanes) is 18. The van der Waals surface area contributed by atoms with E-state index in [-0.39, 0.29) is 31.1 Å². The molecule has 0 aliphatic heterocycles. The second-order valence-corrected chi connectivity index (χ2v) is 14.3. The van der Waals surface area contributed by atoms with Gasteiger partial charge < -0.3 is 14.2 Å². The summed E-state index contributed by atoms with van der Waals surface area (Å²) in [6.07, 6.45) is 28.2. The van der Waals surface area contributed by atoms with Crippen molar-refractivity contribution in [1.29, 1.82) is 0 Å². The lowest BCUT2D eigenvalue weighted by Gasteiger charge is -2.18. The minimum Gasteiger partial charge on any atom is -0.462 e. The fourth-order valence-corrected chi connectivity index (χ4v) is 5.66. The molecule has 0 aromatic rings. The lowest BCUT2D eigenvalue weighted by atomic mass is 10.00. The lowest BCUT2D eigenvalue weighted by Crippen LogP contribution is -2.30. The summed E-state index contributed by atoms with van der Waals surface area (Å²) in [5.41, 5.74) is 0. The SMILES string of the molecule is CCCCCCCCCC(=O)OC[C@@H](COC(=O)CCCCCCCCCCC(C)C)OC(=O)CCCCCCCCC(C)CC. The topological polar surface area (TPSA) is 78.9 Å². The van der Waals surface area contributed by atoms with Gasteiger partial charge in [0.2, 0.25) is 0 Å². The maximum atomic E-state index is 12.6. The zero-order valence-electron chi connectivity index (χ0n) is 31.2. The van der Waals surface area contributed by atoms with Gasteiger partial charge in [-0.3, -0.25) is 14.4 Å². The van der Waals surface area contributed by atoms with Crippen molar-refractivity contribution in [2.45, 2.75) is 214 Å². The summed E-state index contributed by atoms with van der Waals surface area (Å²) < 4.78 is 16.6. The van der Waals surface area contributed by atoms with Crippen molar-refractivity contribution >= 4 is 17.9 Å². The predicted octanol–water partition coefficient (Wildman–Crippen LogP) is 11.8. The van der Waals surface area contributed by atoms with Gasteiger partial charge in [0.1, 0.15) is 13.2 Å². The van der Waals surface area contributed by atoms with Gasteiger partial charge >= 0.3 is 17.9 Å². The van der Waals surface area contributed by atoms with Crippen LogP contribution in [-0.4, -0.2) is 37.2 Å². The molecule has 0 bridgehead atoms. The maximum absolute atomic E-state index is 12.6. The van der Waals surface area contributed by atoms with Crippen LogP contribution in [0.4, 0.5) is 0 Å². The number of carbonyl (C=O) groups is 3. The van der Waals surface area contributed by atoms with Gasteiger partial charge in [-0.05, 0) is 31.1 Å². The van der Waals surface area contributed by atoms with E-state index < -0.39 is 6.10 Å². The van der Waals surface area contributed by atoms with E-state index in [4.69, 9.17) is 14.2 Å². The first-order chi connectivity index (χ1) is 22.3. The third-order valence-electron chi connectivity index (χ3n) is 9.08. The molecule has 0 spiro atoms. The summed E-state index contributed by atoms with van der Waals surface area (Å²) in [5, 5.41) is 0. The van der Waals surface area contributed by atoms with E-state index in [0.29, 0.717) is 19.3 Å². The molecule has 46 heavy (non-hydrogen) atoms. The van der Waals surface area contributed by atoms with E-state index in [2.05, 4.69) is 34.6 Å². The zero-order valence-corrected chi connectivity index (χ0v) is 31.2. The average molecular weight is 653 g/mol. The molecule has 0 radical (unpaired) electrons. The highest BCUT2D eigenvalue weighted by Crippen LogP contribution is 2.16. The van der Waals surface area contributed by atoms with Crippen LogP contribution in [0, 0.1) is 11.8 Å². The first kappa shape index (κ1) is 44.4. The lowest BCUT2D eigenvalue weighted by molar-refractivity contribution is -0.167. The van der Waals surface area contributed by atoms with Gasteiger partial charge in [-0.25, -0.2) is 0 Å². The van der Waals surface area contributed by atoms with Crippen LogP contribution in [0.15, 0.2) is 0 Å². The Balaban J connectivity index is 4.35. The van der Waals surface area contributed by atoms with Crippen molar-refractivity contribution in [1.82, 2.24) is 0 Å². The second kappa shape index (κ2) is 33.3. The summed E-state index contributed by atoms with van der Waals surface area (Å²) in [6.45, 7) is 11.2. The van der Waals surface area contributed by atoms with Crippen molar-refractivity contribution in [2.24, 2.45) is 11.8 Å². The predicted molar refractivity (Wildman–Crippen MR) is 192 cm³/mol. The summed E-state index contributed by atoms with van der Waals surface area (Å²) >= 11 is 0. The molecule has 6 heteroatoms. The van der Waals surface area contributed by atoms with Crippen LogP contribution in [0.1, 0.15) is 208 Å². The molecule has 0 fully saturated rings. The molecule has 2 atom stereocenters. The molecule has 0 aliphatic rings. The van der Waals surface area contributed by atoms with Crippen LogP contribution in [0.5, 0.6) is 0 Å². The summed E-state index contributed by atoms with van der Waals surface area (Å²) in [7, 11) is 0. The van der Waals surface area contributed by atoms with Crippen LogP contribution in [-0.2, 0) is 28.6 Å². The Kier molecular flexibility index (Phi) is 32.2. The smallest absolute Gasteiger partial charge is 0.306 e. The first-order valence-corrected chi connectivity index (χ1v) is 19.8. The number of ether oxygens (including phenoxy) is 3. The Morgan fingerprint density at radius 2 is 0.826 bits per heavy atom. The Morgan fingerprint density at radius 3 is 1.24 bits per heavy atom. The minimum absolute atomic E-state index is 0.0676. The van der Waals surface area contributed by atoms with E-state index in [1.54, 1.807) is 0 Å². The molecule has 6 nitrogen and oxygen atoms in total. The standard InChI is InChI=1S/C40H76O6/c1-6-8-9-10-13-20-25-30-38(41)44-33-37(46-40(43)32-27-22-17-16-19-24-29-36(5)7-2)34-45-39(42)31-26-21-15-12-11-14-18-23-28-35(3)4/h35-37H,6-34H2,1-5H3/t36?,37-/m0/s1. The molecule has 0 aromatic carbocycles. The van der Waals surface area contributed by atoms with Crippen LogP contribution >= 0.6 is 0 Å². The Bertz CT molecular complexity index is 706. The minimum atomic E-state index is -0.759. The second-order valence-electron chi connectivity index (χ2n) is 14.3. The van der Waals surface area contributed by atoms with Crippen molar-refractivity contribution in [3.63, 3.8) is 0 Å². The molecular weight excluding hydrogens is 576 g/mol. The van der Waals surface area contributed by atoms with Gasteiger partial charge in [0.05, 0.1) is 0 Å². The molecule has 0 aliphatic carbocycles. The molecule has 0 saturated carbocycles. The van der Waals surface area contributed by atoms with Crippen molar-refractivity contribution < 1.29 is 28.6 Å². The van der Waals surface area contributed by atoms with Crippen molar-refractivity contribution in [2.75, 3.05) is 13.2 Å². The largest absolute Gasteiger partial charge is 0.462 e. The number of hydrogen-bond acceptors (Lipinski definition) is 6. The summed E-state index contributed by atoms with van der Waals surface area (Å²) in [5.74, 6) is 0.730. The number of rotatable bonds is 34. The average Bonchev–Trinajstić information content (AvgIpc) is 3.03. The maximum Gasteiger partial charge on any atom is 0.306 e. The molecule has 0 amide bonds. The van der Waals surface area contributed by atoms with E-state index in [1.807, 2.05) is 0 Å². The third-order valence-corrected chi connectivity index (χ3v) is 9.08. The molecule has 0 N–H and O–H groups in total. The molecule has 0 aromatic heterocycles. The zero-order chi connectivity index (χ0) is 34.1. The molecule has 0 saturated heterocycles. The van der Waals surface area contributed by atoms with Gasteiger partial charge in [0.25, 0.3) is 0 Å². The Hall–Kier alpha value is -1.59. The molecule has 272 valence electrons. The fourth-order valence-electron chi connectivity index (χ4n) is 5.66. The Morgan fingerprint density at radius 1 is 0.457 bits per heavy atom. The summed E-state index contributed by atoms with van der Waals surface area (Å²) in [6, 6.07) is 0. The van der Waals surface area contributed by atoms with Gasteiger partial charge in [0.15, 0.2) is 6.10 Å². The molecule has 1 unspecified atom stereocenters. The van der Waals surface area contributed by atoms with E-state index in [0.717, 1.165) is 69.6 Å². The van der Waals surface area contributed by atoms with Crippen LogP contribution in [0.2, 0.25) is 0 Å². The number of esters is 3. The molecule has 0 heterocycles. The first-order valence-electron chi connectivity index (χ1n) is 19.8. The van der Waals surface area contributed by atoms with Crippen molar-refractivity contribution in [3.05, 3.63) is 0 Å². The van der Waals surface area contributed by atoms with Crippen LogP contribution in [0.3, 0.4) is 0 Å². The van der Waals surface area contributed by atoms with E-state index >= 15 is 0 Å². The normalized spacial score (nSPS) is 12.7. The monoisotopic (exact) mass is 653 g/mol. The van der Waals surface area contributed by atoms with Gasteiger partial charge in [-0.2, -0.15) is 0 Å². The van der Waals surface area contributed by atoms with Gasteiger partial charge in [-0.15, -0.1) is 0 Å². The van der Waals surface area contributed by atoms with Crippen LogP contribution in [0.25, 0.3) is 0 Å². The van der Waals surface area contributed by atoms with Gasteiger partial charge in [0, 0.05) is 19.3 Å². The molecular formula is C40H76O6. The van der Waals surface area contributed by atoms with E-state index in [1.165, 1.54) is 96.3 Å². The quantitative estimate of drug-likeness (QED) is 0.0391. The fraction of sp³-hybridized carbons (Fsp3) is 0.925. The van der Waals surface area contributed by atoms with E-state index in [9.17, 15) is 14.4 Å². The summed E-state index contributed by atoms with van der Waals surface area (Å²) in [4.78, 5) is 37.3. The third kappa shape index (κ3) is 32.4. The van der Waals surface area contributed by atoms with Crippen LogP contribution < -0.4 is 0 Å². The number of hydrogen-bond donors (Lipinski definition) is 0. The Labute approximate surface area is 285 Å². The highest BCUT2D eigenvalue weighted by atomic mass is 16.6. The van der Waals surface area contributed by atoms with Gasteiger partial charge in [-0.1, -0.05) is 169 Å². The highest BCUT2D eigenvalue weighted by Gasteiger charge is 2.19. The number of carbonyl (C=O) groups excluding carboxylic acids is 3. The molecule has 0 rings (SSSR count). The van der Waals surface area contributed by atoms with Crippen molar-refractivity contribution in [3.8, 4) is 0 Å².